The normalized spacial score (nSPS) is 33.0. The zero-order chi connectivity index (χ0) is 13.0. The second-order valence-corrected chi connectivity index (χ2v) is 8.04. The van der Waals surface area contributed by atoms with Crippen molar-refractivity contribution in [3.63, 3.8) is 0 Å². The van der Waals surface area contributed by atoms with E-state index in [0.717, 1.165) is 11.2 Å². The summed E-state index contributed by atoms with van der Waals surface area (Å²) in [7, 11) is 0. The van der Waals surface area contributed by atoms with E-state index in [1.54, 1.807) is 0 Å². The molecule has 0 aromatic rings. The van der Waals surface area contributed by atoms with E-state index in [4.69, 9.17) is 0 Å². The molecule has 0 aliphatic heterocycles. The number of aliphatic hydroxyl groups is 1. The molecule has 2 atom stereocenters. The van der Waals surface area contributed by atoms with Crippen molar-refractivity contribution in [3.8, 4) is 0 Å². The van der Waals surface area contributed by atoms with Gasteiger partial charge in [0.2, 0.25) is 0 Å². The Morgan fingerprint density at radius 3 is 2.72 bits per heavy atom. The fourth-order valence-corrected chi connectivity index (χ4v) is 4.61. The summed E-state index contributed by atoms with van der Waals surface area (Å²) in [6.07, 6.45) is 8.91. The highest BCUT2D eigenvalue weighted by atomic mass is 32.2. The van der Waals surface area contributed by atoms with E-state index in [0.29, 0.717) is 12.6 Å². The molecule has 0 heterocycles. The van der Waals surface area contributed by atoms with Gasteiger partial charge in [0.25, 0.3) is 0 Å². The molecule has 2 rings (SSSR count). The number of hydrogen-bond acceptors (Lipinski definition) is 3. The summed E-state index contributed by atoms with van der Waals surface area (Å²) in [5.74, 6) is 2.10. The van der Waals surface area contributed by atoms with Gasteiger partial charge in [-0.15, -0.1) is 0 Å². The Hall–Kier alpha value is 0.270. The summed E-state index contributed by atoms with van der Waals surface area (Å²) in [5, 5.41) is 14.3. The lowest BCUT2D eigenvalue weighted by Gasteiger charge is -2.40. The van der Waals surface area contributed by atoms with Crippen LogP contribution in [-0.2, 0) is 0 Å². The van der Waals surface area contributed by atoms with Crippen LogP contribution in [0.1, 0.15) is 58.8 Å². The highest BCUT2D eigenvalue weighted by Gasteiger charge is 2.39. The predicted octanol–water partition coefficient (Wildman–Crippen LogP) is 3.19. The molecule has 0 saturated heterocycles. The summed E-state index contributed by atoms with van der Waals surface area (Å²) in [4.78, 5) is 0. The maximum absolute atomic E-state index is 9.78. The third-order valence-electron chi connectivity index (χ3n) is 4.24. The summed E-state index contributed by atoms with van der Waals surface area (Å²) in [6, 6.07) is 0.705. The van der Waals surface area contributed by atoms with Crippen LogP contribution in [0.5, 0.6) is 0 Å². The highest BCUT2D eigenvalue weighted by Crippen LogP contribution is 2.37. The number of rotatable bonds is 7. The first-order valence-electron chi connectivity index (χ1n) is 7.64. The second kappa shape index (κ2) is 6.62. The molecule has 2 N–H and O–H groups in total. The van der Waals surface area contributed by atoms with Gasteiger partial charge in [-0.2, -0.15) is 11.8 Å². The first kappa shape index (κ1) is 14.7. The molecule has 18 heavy (non-hydrogen) atoms. The lowest BCUT2D eigenvalue weighted by Crippen LogP contribution is -2.53. The maximum atomic E-state index is 9.78. The third-order valence-corrected chi connectivity index (χ3v) is 5.58. The molecule has 2 unspecified atom stereocenters. The van der Waals surface area contributed by atoms with E-state index in [1.807, 2.05) is 0 Å². The lowest BCUT2D eigenvalue weighted by molar-refractivity contribution is 0.122. The molecule has 2 nitrogen and oxygen atoms in total. The SMILES string of the molecule is CC(C)CCSC1CCCC(CO)(NC2CC2)C1. The van der Waals surface area contributed by atoms with Gasteiger partial charge in [0, 0.05) is 16.8 Å². The number of hydrogen-bond donors (Lipinski definition) is 2. The van der Waals surface area contributed by atoms with Crippen molar-refractivity contribution >= 4 is 11.8 Å². The Kier molecular flexibility index (Phi) is 5.40. The molecule has 2 aliphatic rings. The van der Waals surface area contributed by atoms with Crippen molar-refractivity contribution in [3.05, 3.63) is 0 Å². The van der Waals surface area contributed by atoms with Gasteiger partial charge >= 0.3 is 0 Å². The standard InChI is InChI=1S/C15H29NOS/c1-12(2)7-9-18-14-4-3-8-15(10-14,11-17)16-13-5-6-13/h12-14,16-17H,3-11H2,1-2H3. The first-order valence-corrected chi connectivity index (χ1v) is 8.68. The fourth-order valence-electron chi connectivity index (χ4n) is 2.90. The summed E-state index contributed by atoms with van der Waals surface area (Å²) in [6.45, 7) is 4.92. The van der Waals surface area contributed by atoms with Gasteiger partial charge in [-0.3, -0.25) is 0 Å². The number of aliphatic hydroxyl groups excluding tert-OH is 1. The summed E-state index contributed by atoms with van der Waals surface area (Å²) >= 11 is 2.14. The van der Waals surface area contributed by atoms with Crippen LogP contribution >= 0.6 is 11.8 Å². The predicted molar refractivity (Wildman–Crippen MR) is 80.1 cm³/mol. The average Bonchev–Trinajstić information content (AvgIpc) is 3.13. The molecule has 2 aliphatic carbocycles. The van der Waals surface area contributed by atoms with Crippen LogP contribution in [0.4, 0.5) is 0 Å². The molecule has 0 amide bonds. The topological polar surface area (TPSA) is 32.3 Å². The highest BCUT2D eigenvalue weighted by molar-refractivity contribution is 7.99. The van der Waals surface area contributed by atoms with Gasteiger partial charge < -0.3 is 10.4 Å². The van der Waals surface area contributed by atoms with Crippen molar-refractivity contribution in [1.82, 2.24) is 5.32 Å². The zero-order valence-corrected chi connectivity index (χ0v) is 12.8. The Morgan fingerprint density at radius 1 is 1.33 bits per heavy atom. The van der Waals surface area contributed by atoms with Crippen LogP contribution in [0.25, 0.3) is 0 Å². The Morgan fingerprint density at radius 2 is 2.11 bits per heavy atom. The third kappa shape index (κ3) is 4.43. The van der Waals surface area contributed by atoms with E-state index >= 15 is 0 Å². The van der Waals surface area contributed by atoms with Crippen LogP contribution in [0.15, 0.2) is 0 Å². The summed E-state index contributed by atoms with van der Waals surface area (Å²) in [5.41, 5.74) is 0.0505. The van der Waals surface area contributed by atoms with Crippen molar-refractivity contribution in [2.45, 2.75) is 75.6 Å². The minimum absolute atomic E-state index is 0.0505. The van der Waals surface area contributed by atoms with Crippen LogP contribution in [-0.4, -0.2) is 34.3 Å². The van der Waals surface area contributed by atoms with E-state index in [9.17, 15) is 5.11 Å². The van der Waals surface area contributed by atoms with Gasteiger partial charge in [-0.1, -0.05) is 20.3 Å². The van der Waals surface area contributed by atoms with Gasteiger partial charge in [0.15, 0.2) is 0 Å². The van der Waals surface area contributed by atoms with Crippen molar-refractivity contribution in [2.24, 2.45) is 5.92 Å². The maximum Gasteiger partial charge on any atom is 0.0613 e. The van der Waals surface area contributed by atoms with Gasteiger partial charge in [-0.05, 0) is 50.2 Å². The van der Waals surface area contributed by atoms with Crippen LogP contribution in [0, 0.1) is 5.92 Å². The largest absolute Gasteiger partial charge is 0.394 e. The molecule has 0 bridgehead atoms. The van der Waals surface area contributed by atoms with E-state index in [2.05, 4.69) is 30.9 Å². The molecule has 0 aromatic carbocycles. The van der Waals surface area contributed by atoms with Crippen LogP contribution < -0.4 is 5.32 Å². The molecular weight excluding hydrogens is 242 g/mol. The van der Waals surface area contributed by atoms with E-state index in [1.165, 1.54) is 50.7 Å². The molecular formula is C15H29NOS. The van der Waals surface area contributed by atoms with E-state index in [-0.39, 0.29) is 5.54 Å². The molecule has 0 spiro atoms. The monoisotopic (exact) mass is 271 g/mol. The summed E-state index contributed by atoms with van der Waals surface area (Å²) < 4.78 is 0. The van der Waals surface area contributed by atoms with Crippen molar-refractivity contribution < 1.29 is 5.11 Å². The zero-order valence-electron chi connectivity index (χ0n) is 12.0. The second-order valence-electron chi connectivity index (χ2n) is 6.63. The molecule has 2 fully saturated rings. The van der Waals surface area contributed by atoms with Gasteiger partial charge in [0.05, 0.1) is 6.61 Å². The number of thioether (sulfide) groups is 1. The van der Waals surface area contributed by atoms with Crippen LogP contribution in [0.2, 0.25) is 0 Å². The Balaban J connectivity index is 1.78. The Labute approximate surface area is 116 Å². The van der Waals surface area contributed by atoms with Crippen LogP contribution in [0.3, 0.4) is 0 Å². The van der Waals surface area contributed by atoms with Crippen molar-refractivity contribution in [2.75, 3.05) is 12.4 Å². The first-order chi connectivity index (χ1) is 8.63. The fraction of sp³-hybridized carbons (Fsp3) is 1.00. The molecule has 3 heteroatoms. The van der Waals surface area contributed by atoms with E-state index < -0.39 is 0 Å². The van der Waals surface area contributed by atoms with Gasteiger partial charge in [0.1, 0.15) is 0 Å². The lowest BCUT2D eigenvalue weighted by atomic mass is 9.82. The smallest absolute Gasteiger partial charge is 0.0613 e. The molecule has 0 aromatic heterocycles. The molecule has 0 radical (unpaired) electrons. The minimum atomic E-state index is 0.0505. The molecule has 106 valence electrons. The quantitative estimate of drug-likeness (QED) is 0.746. The average molecular weight is 271 g/mol. The minimum Gasteiger partial charge on any atom is -0.394 e. The van der Waals surface area contributed by atoms with Gasteiger partial charge in [-0.25, -0.2) is 0 Å². The molecule has 2 saturated carbocycles. The van der Waals surface area contributed by atoms with Crippen molar-refractivity contribution in [1.29, 1.82) is 0 Å². The Bertz CT molecular complexity index is 255. The number of nitrogens with one attached hydrogen (secondary N) is 1.